The second-order valence-electron chi connectivity index (χ2n) is 4.81. The van der Waals surface area contributed by atoms with E-state index < -0.39 is 11.0 Å². The molecule has 3 rings (SSSR count). The Kier molecular flexibility index (Phi) is 4.79. The molecule has 0 saturated carbocycles. The molecule has 0 saturated heterocycles. The molecule has 112 valence electrons. The second-order valence-corrected chi connectivity index (χ2v) is 6.92. The highest BCUT2D eigenvalue weighted by Crippen LogP contribution is 2.28. The van der Waals surface area contributed by atoms with E-state index in [1.807, 2.05) is 60.7 Å². The minimum absolute atomic E-state index is 0.466. The number of halogens is 2. The highest BCUT2D eigenvalue weighted by atomic mass is 35.5. The number of nitrogens with one attached hydrogen (secondary N) is 1. The van der Waals surface area contributed by atoms with Crippen LogP contribution in [0, 0.1) is 0 Å². The molecule has 3 aromatic rings. The van der Waals surface area contributed by atoms with E-state index in [1.54, 1.807) is 0 Å². The van der Waals surface area contributed by atoms with E-state index in [0.717, 1.165) is 16.3 Å². The van der Waals surface area contributed by atoms with Crippen LogP contribution in [0.15, 0.2) is 65.6 Å². The maximum Gasteiger partial charge on any atom is 0.125 e. The Balaban J connectivity index is 1.87. The van der Waals surface area contributed by atoms with Crippen LogP contribution in [0.3, 0.4) is 0 Å². The van der Waals surface area contributed by atoms with E-state index in [-0.39, 0.29) is 0 Å². The molecule has 1 N–H and O–H groups in total. The van der Waals surface area contributed by atoms with Gasteiger partial charge in [-0.3, -0.25) is 0 Å². The SMILES string of the molecule is O=S(NCc1cccc(Cl)c1)c1cccc2cccc(Cl)c12. The third-order valence-electron chi connectivity index (χ3n) is 3.31. The largest absolute Gasteiger partial charge is 0.237 e. The summed E-state index contributed by atoms with van der Waals surface area (Å²) >= 11 is 12.2. The summed E-state index contributed by atoms with van der Waals surface area (Å²) in [7, 11) is -1.35. The van der Waals surface area contributed by atoms with Crippen LogP contribution in [0.5, 0.6) is 0 Å². The molecule has 0 aromatic heterocycles. The van der Waals surface area contributed by atoms with Gasteiger partial charge in [0.1, 0.15) is 11.0 Å². The van der Waals surface area contributed by atoms with Gasteiger partial charge in [-0.25, -0.2) is 8.93 Å². The van der Waals surface area contributed by atoms with Gasteiger partial charge in [-0.15, -0.1) is 0 Å². The highest BCUT2D eigenvalue weighted by Gasteiger charge is 2.11. The van der Waals surface area contributed by atoms with Crippen LogP contribution >= 0.6 is 23.2 Å². The number of hydrogen-bond donors (Lipinski definition) is 1. The maximum absolute atomic E-state index is 12.6. The smallest absolute Gasteiger partial charge is 0.125 e. The van der Waals surface area contributed by atoms with Gasteiger partial charge in [0.05, 0.1) is 4.90 Å². The van der Waals surface area contributed by atoms with Crippen LogP contribution in [-0.2, 0) is 17.5 Å². The number of benzene rings is 3. The second kappa shape index (κ2) is 6.80. The maximum atomic E-state index is 12.6. The van der Waals surface area contributed by atoms with Gasteiger partial charge in [0.2, 0.25) is 0 Å². The zero-order chi connectivity index (χ0) is 15.5. The average molecular weight is 350 g/mol. The van der Waals surface area contributed by atoms with Gasteiger partial charge in [0.15, 0.2) is 0 Å². The molecule has 0 amide bonds. The summed E-state index contributed by atoms with van der Waals surface area (Å²) in [6, 6.07) is 18.8. The highest BCUT2D eigenvalue weighted by molar-refractivity contribution is 7.83. The van der Waals surface area contributed by atoms with Gasteiger partial charge >= 0.3 is 0 Å². The Bertz CT molecular complexity index is 846. The molecular formula is C17H13Cl2NOS. The summed E-state index contributed by atoms with van der Waals surface area (Å²) in [5.74, 6) is 0. The summed E-state index contributed by atoms with van der Waals surface area (Å²) in [6.45, 7) is 0.466. The Morgan fingerprint density at radius 2 is 1.68 bits per heavy atom. The molecule has 0 aliphatic heterocycles. The summed E-state index contributed by atoms with van der Waals surface area (Å²) in [5.41, 5.74) is 0.979. The van der Waals surface area contributed by atoms with Crippen molar-refractivity contribution < 1.29 is 4.21 Å². The topological polar surface area (TPSA) is 29.1 Å². The van der Waals surface area contributed by atoms with Crippen LogP contribution in [0.25, 0.3) is 10.8 Å². The van der Waals surface area contributed by atoms with Crippen molar-refractivity contribution in [3.05, 3.63) is 76.3 Å². The Hall–Kier alpha value is -1.39. The molecule has 0 spiro atoms. The van der Waals surface area contributed by atoms with Crippen molar-refractivity contribution in [1.82, 2.24) is 4.72 Å². The lowest BCUT2D eigenvalue weighted by Crippen LogP contribution is -2.17. The lowest BCUT2D eigenvalue weighted by atomic mass is 10.1. The lowest BCUT2D eigenvalue weighted by Gasteiger charge is -2.09. The number of fused-ring (bicyclic) bond motifs is 1. The molecule has 22 heavy (non-hydrogen) atoms. The predicted octanol–water partition coefficient (Wildman–Crippen LogP) is 4.96. The first-order valence-electron chi connectivity index (χ1n) is 6.72. The summed E-state index contributed by atoms with van der Waals surface area (Å²) in [4.78, 5) is 0.685. The minimum Gasteiger partial charge on any atom is -0.237 e. The van der Waals surface area contributed by atoms with Gasteiger partial charge in [0, 0.05) is 22.0 Å². The Morgan fingerprint density at radius 3 is 2.45 bits per heavy atom. The van der Waals surface area contributed by atoms with E-state index in [2.05, 4.69) is 4.72 Å². The average Bonchev–Trinajstić information content (AvgIpc) is 2.52. The van der Waals surface area contributed by atoms with Crippen molar-refractivity contribution in [2.45, 2.75) is 11.4 Å². The quantitative estimate of drug-likeness (QED) is 0.708. The third kappa shape index (κ3) is 3.33. The predicted molar refractivity (Wildman–Crippen MR) is 93.7 cm³/mol. The van der Waals surface area contributed by atoms with E-state index in [9.17, 15) is 4.21 Å². The van der Waals surface area contributed by atoms with Crippen LogP contribution in [0.1, 0.15) is 5.56 Å². The Labute approximate surface area is 141 Å². The number of hydrogen-bond acceptors (Lipinski definition) is 1. The minimum atomic E-state index is -1.35. The molecule has 0 bridgehead atoms. The first-order valence-corrected chi connectivity index (χ1v) is 8.63. The molecule has 1 atom stereocenters. The summed E-state index contributed by atoms with van der Waals surface area (Å²) < 4.78 is 15.6. The molecule has 2 nitrogen and oxygen atoms in total. The zero-order valence-electron chi connectivity index (χ0n) is 11.6. The Morgan fingerprint density at radius 1 is 0.955 bits per heavy atom. The van der Waals surface area contributed by atoms with Gasteiger partial charge < -0.3 is 0 Å². The summed E-state index contributed by atoms with van der Waals surface area (Å²) in [6.07, 6.45) is 0. The first kappa shape index (κ1) is 15.5. The molecule has 3 aromatic carbocycles. The fraction of sp³-hybridized carbons (Fsp3) is 0.0588. The van der Waals surface area contributed by atoms with Gasteiger partial charge in [-0.1, -0.05) is 59.6 Å². The molecule has 0 radical (unpaired) electrons. The third-order valence-corrected chi connectivity index (χ3v) is 5.01. The van der Waals surface area contributed by atoms with Gasteiger partial charge in [-0.05, 0) is 35.2 Å². The van der Waals surface area contributed by atoms with Crippen LogP contribution in [-0.4, -0.2) is 4.21 Å². The van der Waals surface area contributed by atoms with Crippen LogP contribution < -0.4 is 4.72 Å². The first-order chi connectivity index (χ1) is 10.6. The molecule has 0 aliphatic rings. The molecule has 0 fully saturated rings. The van der Waals surface area contributed by atoms with Crippen molar-refractivity contribution in [3.8, 4) is 0 Å². The van der Waals surface area contributed by atoms with Crippen molar-refractivity contribution in [3.63, 3.8) is 0 Å². The number of rotatable bonds is 4. The standard InChI is InChI=1S/C17H13Cl2NOS/c18-14-7-1-4-12(10-14)11-20-22(21)16-9-3-6-13-5-2-8-15(19)17(13)16/h1-10,20H,11H2. The fourth-order valence-corrected chi connectivity index (χ4v) is 3.91. The van der Waals surface area contributed by atoms with Crippen molar-refractivity contribution >= 4 is 45.0 Å². The van der Waals surface area contributed by atoms with E-state index >= 15 is 0 Å². The van der Waals surface area contributed by atoms with Gasteiger partial charge in [0.25, 0.3) is 0 Å². The van der Waals surface area contributed by atoms with Crippen molar-refractivity contribution in [1.29, 1.82) is 0 Å². The molecule has 5 heteroatoms. The van der Waals surface area contributed by atoms with Crippen LogP contribution in [0.4, 0.5) is 0 Å². The van der Waals surface area contributed by atoms with Crippen molar-refractivity contribution in [2.24, 2.45) is 0 Å². The van der Waals surface area contributed by atoms with E-state index in [1.165, 1.54) is 0 Å². The summed E-state index contributed by atoms with van der Waals surface area (Å²) in [5, 5.41) is 3.07. The molecule has 1 unspecified atom stereocenters. The molecular weight excluding hydrogens is 337 g/mol. The zero-order valence-corrected chi connectivity index (χ0v) is 13.9. The monoisotopic (exact) mass is 349 g/mol. The van der Waals surface area contributed by atoms with Crippen molar-refractivity contribution in [2.75, 3.05) is 0 Å². The molecule has 0 heterocycles. The molecule has 0 aliphatic carbocycles. The normalized spacial score (nSPS) is 12.5. The van der Waals surface area contributed by atoms with E-state index in [0.29, 0.717) is 21.5 Å². The van der Waals surface area contributed by atoms with E-state index in [4.69, 9.17) is 23.2 Å². The fourth-order valence-electron chi connectivity index (χ4n) is 2.29. The van der Waals surface area contributed by atoms with Gasteiger partial charge in [-0.2, -0.15) is 0 Å². The lowest BCUT2D eigenvalue weighted by molar-refractivity contribution is 0.672. The van der Waals surface area contributed by atoms with Crippen LogP contribution in [0.2, 0.25) is 10.0 Å².